The van der Waals surface area contributed by atoms with Gasteiger partial charge in [0.05, 0.1) is 6.54 Å². The van der Waals surface area contributed by atoms with E-state index in [2.05, 4.69) is 10.6 Å². The quantitative estimate of drug-likeness (QED) is 0.492. The van der Waals surface area contributed by atoms with Crippen LogP contribution in [0.1, 0.15) is 39.0 Å². The van der Waals surface area contributed by atoms with Gasteiger partial charge in [0.1, 0.15) is 0 Å². The zero-order chi connectivity index (χ0) is 12.2. The molecule has 0 fully saturated rings. The van der Waals surface area contributed by atoms with Crippen LogP contribution in [0.25, 0.3) is 0 Å². The summed E-state index contributed by atoms with van der Waals surface area (Å²) >= 11 is 0. The molecule has 0 aliphatic carbocycles. The lowest BCUT2D eigenvalue weighted by Gasteiger charge is -2.05. The lowest BCUT2D eigenvalue weighted by atomic mass is 10.1. The molecule has 0 aliphatic heterocycles. The molecule has 0 rings (SSSR count). The van der Waals surface area contributed by atoms with E-state index in [0.29, 0.717) is 19.5 Å². The first-order valence-electron chi connectivity index (χ1n) is 5.94. The van der Waals surface area contributed by atoms with Gasteiger partial charge in [-0.15, -0.1) is 0 Å². The van der Waals surface area contributed by atoms with Gasteiger partial charge in [-0.3, -0.25) is 9.59 Å². The number of hydrogen-bond donors (Lipinski definition) is 3. The summed E-state index contributed by atoms with van der Waals surface area (Å²) in [6, 6.07) is 0. The third kappa shape index (κ3) is 9.45. The Hall–Kier alpha value is -1.10. The molecule has 0 aliphatic rings. The van der Waals surface area contributed by atoms with Crippen molar-refractivity contribution >= 4 is 11.8 Å². The summed E-state index contributed by atoms with van der Waals surface area (Å²) in [6.07, 6.45) is 4.46. The molecule has 5 nitrogen and oxygen atoms in total. The minimum absolute atomic E-state index is 0.0565. The molecule has 0 saturated heterocycles. The molecule has 4 N–H and O–H groups in total. The number of likely N-dealkylation sites (N-methyl/N-ethyl adjacent to an activating group) is 1. The van der Waals surface area contributed by atoms with Gasteiger partial charge in [0.15, 0.2) is 0 Å². The Bertz CT molecular complexity index is 207. The fraction of sp³-hybridized carbons (Fsp3) is 0.818. The van der Waals surface area contributed by atoms with E-state index in [1.165, 1.54) is 0 Å². The highest BCUT2D eigenvalue weighted by Crippen LogP contribution is 2.01. The summed E-state index contributed by atoms with van der Waals surface area (Å²) in [5.74, 6) is -0.196. The molecular weight excluding hydrogens is 206 g/mol. The molecule has 0 aromatic heterocycles. The van der Waals surface area contributed by atoms with Gasteiger partial charge in [0.25, 0.3) is 0 Å². The fourth-order valence-corrected chi connectivity index (χ4v) is 1.31. The molecule has 5 heteroatoms. The molecule has 0 heterocycles. The Labute approximate surface area is 97.2 Å². The Morgan fingerprint density at radius 2 is 1.69 bits per heavy atom. The van der Waals surface area contributed by atoms with Crippen LogP contribution >= 0.6 is 0 Å². The van der Waals surface area contributed by atoms with E-state index in [0.717, 1.165) is 25.7 Å². The van der Waals surface area contributed by atoms with Crippen LogP contribution in [0.3, 0.4) is 0 Å². The molecule has 0 atom stereocenters. The maximum atomic E-state index is 11.3. The second-order valence-electron chi connectivity index (χ2n) is 3.68. The number of carbonyl (C=O) groups is 2. The zero-order valence-corrected chi connectivity index (χ0v) is 10.1. The predicted molar refractivity (Wildman–Crippen MR) is 63.8 cm³/mol. The first-order valence-corrected chi connectivity index (χ1v) is 5.94. The van der Waals surface area contributed by atoms with Crippen molar-refractivity contribution in [3.63, 3.8) is 0 Å². The summed E-state index contributed by atoms with van der Waals surface area (Å²) in [5.41, 5.74) is 5.36. The predicted octanol–water partition coefficient (Wildman–Crippen LogP) is 0.148. The Morgan fingerprint density at radius 3 is 2.31 bits per heavy atom. The van der Waals surface area contributed by atoms with Gasteiger partial charge >= 0.3 is 0 Å². The smallest absolute Gasteiger partial charge is 0.239 e. The molecule has 0 spiro atoms. The summed E-state index contributed by atoms with van der Waals surface area (Å²) in [6.45, 7) is 3.23. The number of unbranched alkanes of at least 4 members (excludes halogenated alkanes) is 3. The molecule has 0 unspecified atom stereocenters. The normalized spacial score (nSPS) is 9.88. The second kappa shape index (κ2) is 10.4. The van der Waals surface area contributed by atoms with Crippen molar-refractivity contribution in [2.75, 3.05) is 19.6 Å². The summed E-state index contributed by atoms with van der Waals surface area (Å²) < 4.78 is 0. The molecule has 0 saturated carbocycles. The van der Waals surface area contributed by atoms with Crippen molar-refractivity contribution in [2.45, 2.75) is 39.0 Å². The number of carbonyl (C=O) groups excluding carboxylic acids is 2. The van der Waals surface area contributed by atoms with Gasteiger partial charge in [-0.05, 0) is 26.3 Å². The van der Waals surface area contributed by atoms with Crippen LogP contribution in [0, 0.1) is 0 Å². The second-order valence-corrected chi connectivity index (χ2v) is 3.68. The van der Waals surface area contributed by atoms with Gasteiger partial charge in [-0.1, -0.05) is 12.8 Å². The average molecular weight is 229 g/mol. The summed E-state index contributed by atoms with van der Waals surface area (Å²) in [4.78, 5) is 22.3. The van der Waals surface area contributed by atoms with Crippen molar-refractivity contribution in [1.29, 1.82) is 0 Å². The van der Waals surface area contributed by atoms with Crippen molar-refractivity contribution < 1.29 is 9.59 Å². The topological polar surface area (TPSA) is 84.2 Å². The maximum Gasteiger partial charge on any atom is 0.239 e. The van der Waals surface area contributed by atoms with E-state index in [4.69, 9.17) is 5.73 Å². The minimum atomic E-state index is -0.140. The number of nitrogens with one attached hydrogen (secondary N) is 2. The average Bonchev–Trinajstić information content (AvgIpc) is 2.26. The van der Waals surface area contributed by atoms with Crippen LogP contribution in [0.4, 0.5) is 0 Å². The van der Waals surface area contributed by atoms with Crippen LogP contribution in [0.2, 0.25) is 0 Å². The van der Waals surface area contributed by atoms with Crippen LogP contribution in [-0.2, 0) is 9.59 Å². The van der Waals surface area contributed by atoms with Crippen LogP contribution in [-0.4, -0.2) is 31.4 Å². The molecule has 0 radical (unpaired) electrons. The van der Waals surface area contributed by atoms with Gasteiger partial charge in [-0.25, -0.2) is 0 Å². The van der Waals surface area contributed by atoms with Crippen molar-refractivity contribution in [1.82, 2.24) is 10.6 Å². The molecule has 0 bridgehead atoms. The Morgan fingerprint density at radius 1 is 1.00 bits per heavy atom. The number of nitrogens with two attached hydrogens (primary N) is 1. The van der Waals surface area contributed by atoms with E-state index >= 15 is 0 Å². The first-order chi connectivity index (χ1) is 7.70. The third-order valence-corrected chi connectivity index (χ3v) is 2.18. The highest BCUT2D eigenvalue weighted by atomic mass is 16.2. The molecule has 2 amide bonds. The molecule has 16 heavy (non-hydrogen) atoms. The number of hydrogen-bond acceptors (Lipinski definition) is 3. The van der Waals surface area contributed by atoms with Crippen LogP contribution in [0.5, 0.6) is 0 Å². The molecular formula is C11H23N3O2. The van der Waals surface area contributed by atoms with Crippen molar-refractivity contribution in [3.8, 4) is 0 Å². The lowest BCUT2D eigenvalue weighted by molar-refractivity contribution is -0.126. The molecule has 94 valence electrons. The molecule has 0 aromatic carbocycles. The highest BCUT2D eigenvalue weighted by molar-refractivity contribution is 5.84. The summed E-state index contributed by atoms with van der Waals surface area (Å²) in [5, 5.41) is 5.20. The van der Waals surface area contributed by atoms with Crippen molar-refractivity contribution in [2.24, 2.45) is 5.73 Å². The number of amides is 2. The van der Waals surface area contributed by atoms with E-state index in [9.17, 15) is 9.59 Å². The molecule has 0 aromatic rings. The van der Waals surface area contributed by atoms with E-state index in [-0.39, 0.29) is 18.4 Å². The largest absolute Gasteiger partial charge is 0.355 e. The maximum absolute atomic E-state index is 11.3. The monoisotopic (exact) mass is 229 g/mol. The van der Waals surface area contributed by atoms with E-state index < -0.39 is 0 Å². The van der Waals surface area contributed by atoms with E-state index in [1.807, 2.05) is 6.92 Å². The van der Waals surface area contributed by atoms with Gasteiger partial charge in [-0.2, -0.15) is 0 Å². The van der Waals surface area contributed by atoms with E-state index in [1.54, 1.807) is 0 Å². The summed E-state index contributed by atoms with van der Waals surface area (Å²) in [7, 11) is 0. The highest BCUT2D eigenvalue weighted by Gasteiger charge is 2.03. The lowest BCUT2D eigenvalue weighted by Crippen LogP contribution is -2.36. The van der Waals surface area contributed by atoms with Gasteiger partial charge in [0.2, 0.25) is 11.8 Å². The Kier molecular flexibility index (Phi) is 9.70. The standard InChI is InChI=1S/C11H23N3O2/c1-2-13-11(16)9-14-10(15)7-5-3-4-6-8-12/h2-9,12H2,1H3,(H,13,16)(H,14,15). The zero-order valence-electron chi connectivity index (χ0n) is 10.1. The minimum Gasteiger partial charge on any atom is -0.355 e. The first kappa shape index (κ1) is 14.9. The Balaban J connectivity index is 3.34. The van der Waals surface area contributed by atoms with Gasteiger partial charge in [0, 0.05) is 13.0 Å². The van der Waals surface area contributed by atoms with Crippen LogP contribution < -0.4 is 16.4 Å². The third-order valence-electron chi connectivity index (χ3n) is 2.18. The van der Waals surface area contributed by atoms with Crippen molar-refractivity contribution in [3.05, 3.63) is 0 Å². The number of rotatable bonds is 9. The fourth-order valence-electron chi connectivity index (χ4n) is 1.31. The van der Waals surface area contributed by atoms with Gasteiger partial charge < -0.3 is 16.4 Å². The SMILES string of the molecule is CCNC(=O)CNC(=O)CCCCCCN. The van der Waals surface area contributed by atoms with Crippen LogP contribution in [0.15, 0.2) is 0 Å².